The third-order valence-electron chi connectivity index (χ3n) is 1.67. The lowest BCUT2D eigenvalue weighted by molar-refractivity contribution is 0.199. The van der Waals surface area contributed by atoms with Gasteiger partial charge in [-0.15, -0.1) is 11.8 Å². The van der Waals surface area contributed by atoms with E-state index in [4.69, 9.17) is 0 Å². The van der Waals surface area contributed by atoms with E-state index in [0.29, 0.717) is 0 Å². The zero-order valence-electron chi connectivity index (χ0n) is 7.45. The smallest absolute Gasteiger partial charge is 0.0761 e. The molecule has 1 aromatic rings. The Morgan fingerprint density at radius 2 is 1.92 bits per heavy atom. The lowest BCUT2D eigenvalue weighted by Gasteiger charge is -2.04. The molecular formula is C10H14OS. The predicted molar refractivity (Wildman–Crippen MR) is 53.5 cm³/mol. The molecule has 0 aromatic heterocycles. The quantitative estimate of drug-likeness (QED) is 0.725. The molecular weight excluding hydrogens is 168 g/mol. The molecule has 1 rings (SSSR count). The Hall–Kier alpha value is -0.470. The molecule has 0 unspecified atom stereocenters. The first-order valence-corrected chi connectivity index (χ1v) is 5.13. The van der Waals surface area contributed by atoms with Crippen LogP contribution in [0.5, 0.6) is 0 Å². The van der Waals surface area contributed by atoms with Gasteiger partial charge in [0.05, 0.1) is 6.10 Å². The van der Waals surface area contributed by atoms with E-state index in [1.807, 2.05) is 23.9 Å². The summed E-state index contributed by atoms with van der Waals surface area (Å²) in [5, 5.41) is 9.24. The standard InChI is InChI=1S/C10H14OS/c1-3-12-10-6-4-9(5-7-10)8(2)11/h4-8,11H,3H2,1-2H3/t8-/m1/s1. The van der Waals surface area contributed by atoms with Crippen LogP contribution in [0.2, 0.25) is 0 Å². The largest absolute Gasteiger partial charge is 0.389 e. The summed E-state index contributed by atoms with van der Waals surface area (Å²) in [4.78, 5) is 1.27. The Morgan fingerprint density at radius 3 is 2.33 bits per heavy atom. The lowest BCUT2D eigenvalue weighted by Crippen LogP contribution is -1.89. The zero-order chi connectivity index (χ0) is 8.97. The van der Waals surface area contributed by atoms with Crippen LogP contribution in [0.4, 0.5) is 0 Å². The van der Waals surface area contributed by atoms with Gasteiger partial charge in [0, 0.05) is 4.90 Å². The highest BCUT2D eigenvalue weighted by atomic mass is 32.2. The fraction of sp³-hybridized carbons (Fsp3) is 0.400. The summed E-state index contributed by atoms with van der Waals surface area (Å²) in [5.74, 6) is 1.09. The molecule has 1 N–H and O–H groups in total. The Labute approximate surface area is 77.8 Å². The average molecular weight is 182 g/mol. The van der Waals surface area contributed by atoms with Gasteiger partial charge < -0.3 is 5.11 Å². The summed E-state index contributed by atoms with van der Waals surface area (Å²) in [6.07, 6.45) is -0.356. The predicted octanol–water partition coefficient (Wildman–Crippen LogP) is 2.85. The molecule has 12 heavy (non-hydrogen) atoms. The summed E-state index contributed by atoms with van der Waals surface area (Å²) in [6.45, 7) is 3.91. The molecule has 1 aromatic carbocycles. The molecule has 66 valence electrons. The lowest BCUT2D eigenvalue weighted by atomic mass is 10.1. The number of rotatable bonds is 3. The van der Waals surface area contributed by atoms with E-state index in [1.54, 1.807) is 6.92 Å². The highest BCUT2D eigenvalue weighted by molar-refractivity contribution is 7.99. The Morgan fingerprint density at radius 1 is 1.33 bits per heavy atom. The molecule has 1 nitrogen and oxygen atoms in total. The Bertz CT molecular complexity index is 228. The van der Waals surface area contributed by atoms with Gasteiger partial charge in [-0.2, -0.15) is 0 Å². The first-order valence-electron chi connectivity index (χ1n) is 4.15. The van der Waals surface area contributed by atoms with E-state index in [-0.39, 0.29) is 6.10 Å². The third-order valence-corrected chi connectivity index (χ3v) is 2.57. The van der Waals surface area contributed by atoms with E-state index < -0.39 is 0 Å². The second kappa shape index (κ2) is 4.53. The fourth-order valence-corrected chi connectivity index (χ4v) is 1.67. The van der Waals surface area contributed by atoms with E-state index in [2.05, 4.69) is 19.1 Å². The van der Waals surface area contributed by atoms with Crippen LogP contribution in [0.3, 0.4) is 0 Å². The first-order chi connectivity index (χ1) is 5.74. The fourth-order valence-electron chi connectivity index (χ4n) is 1.01. The first kappa shape index (κ1) is 9.62. The molecule has 0 radical (unpaired) electrons. The molecule has 0 saturated carbocycles. The van der Waals surface area contributed by atoms with E-state index >= 15 is 0 Å². The van der Waals surface area contributed by atoms with Gasteiger partial charge in [0.1, 0.15) is 0 Å². The number of hydrogen-bond acceptors (Lipinski definition) is 2. The maximum atomic E-state index is 9.24. The van der Waals surface area contributed by atoms with Gasteiger partial charge in [0.2, 0.25) is 0 Å². The van der Waals surface area contributed by atoms with Crippen LogP contribution in [0, 0.1) is 0 Å². The average Bonchev–Trinajstić information content (AvgIpc) is 2.06. The molecule has 0 bridgehead atoms. The SMILES string of the molecule is CCSc1ccc([C@@H](C)O)cc1. The maximum Gasteiger partial charge on any atom is 0.0761 e. The van der Waals surface area contributed by atoms with Crippen molar-refractivity contribution in [3.63, 3.8) is 0 Å². The highest BCUT2D eigenvalue weighted by Crippen LogP contribution is 2.20. The van der Waals surface area contributed by atoms with Gasteiger partial charge in [-0.05, 0) is 30.4 Å². The molecule has 0 aliphatic carbocycles. The minimum absolute atomic E-state index is 0.356. The van der Waals surface area contributed by atoms with Gasteiger partial charge in [-0.1, -0.05) is 19.1 Å². The summed E-state index contributed by atoms with van der Waals surface area (Å²) >= 11 is 1.81. The molecule has 1 atom stereocenters. The van der Waals surface area contributed by atoms with Crippen molar-refractivity contribution >= 4 is 11.8 Å². The molecule has 0 amide bonds. The summed E-state index contributed by atoms with van der Waals surface area (Å²) < 4.78 is 0. The number of hydrogen-bond donors (Lipinski definition) is 1. The van der Waals surface area contributed by atoms with Crippen LogP contribution in [0.15, 0.2) is 29.2 Å². The molecule has 0 heterocycles. The van der Waals surface area contributed by atoms with E-state index in [9.17, 15) is 5.11 Å². The van der Waals surface area contributed by atoms with Crippen LogP contribution >= 0.6 is 11.8 Å². The van der Waals surface area contributed by atoms with Crippen molar-refractivity contribution in [3.05, 3.63) is 29.8 Å². The topological polar surface area (TPSA) is 20.2 Å². The molecule has 2 heteroatoms. The molecule has 0 saturated heterocycles. The van der Waals surface area contributed by atoms with E-state index in [0.717, 1.165) is 11.3 Å². The van der Waals surface area contributed by atoms with Gasteiger partial charge in [-0.3, -0.25) is 0 Å². The van der Waals surface area contributed by atoms with Crippen LogP contribution in [-0.4, -0.2) is 10.9 Å². The van der Waals surface area contributed by atoms with Gasteiger partial charge >= 0.3 is 0 Å². The van der Waals surface area contributed by atoms with Crippen molar-refractivity contribution in [1.82, 2.24) is 0 Å². The molecule has 0 aliphatic rings. The van der Waals surface area contributed by atoms with Gasteiger partial charge in [0.15, 0.2) is 0 Å². The van der Waals surface area contributed by atoms with Gasteiger partial charge in [-0.25, -0.2) is 0 Å². The van der Waals surface area contributed by atoms with Crippen LogP contribution < -0.4 is 0 Å². The minimum Gasteiger partial charge on any atom is -0.389 e. The van der Waals surface area contributed by atoms with Crippen molar-refractivity contribution in [2.45, 2.75) is 24.8 Å². The van der Waals surface area contributed by atoms with Gasteiger partial charge in [0.25, 0.3) is 0 Å². The summed E-state index contributed by atoms with van der Waals surface area (Å²) in [5.41, 5.74) is 0.982. The molecule has 0 fully saturated rings. The van der Waals surface area contributed by atoms with Crippen LogP contribution in [0.1, 0.15) is 25.5 Å². The number of aliphatic hydroxyl groups is 1. The Kier molecular flexibility index (Phi) is 3.63. The second-order valence-corrected chi connectivity index (χ2v) is 4.02. The van der Waals surface area contributed by atoms with Crippen molar-refractivity contribution < 1.29 is 5.11 Å². The second-order valence-electron chi connectivity index (χ2n) is 2.68. The Balaban J connectivity index is 2.71. The minimum atomic E-state index is -0.356. The zero-order valence-corrected chi connectivity index (χ0v) is 8.27. The maximum absolute atomic E-state index is 9.24. The van der Waals surface area contributed by atoms with Crippen molar-refractivity contribution in [2.24, 2.45) is 0 Å². The van der Waals surface area contributed by atoms with Crippen LogP contribution in [-0.2, 0) is 0 Å². The molecule has 0 aliphatic heterocycles. The van der Waals surface area contributed by atoms with Crippen molar-refractivity contribution in [2.75, 3.05) is 5.75 Å². The van der Waals surface area contributed by atoms with Crippen molar-refractivity contribution in [1.29, 1.82) is 0 Å². The number of aliphatic hydroxyl groups excluding tert-OH is 1. The summed E-state index contributed by atoms with van der Waals surface area (Å²) in [7, 11) is 0. The third kappa shape index (κ3) is 2.54. The molecule has 0 spiro atoms. The van der Waals surface area contributed by atoms with Crippen molar-refractivity contribution in [3.8, 4) is 0 Å². The monoisotopic (exact) mass is 182 g/mol. The normalized spacial score (nSPS) is 12.9. The number of benzene rings is 1. The highest BCUT2D eigenvalue weighted by Gasteiger charge is 1.99. The summed E-state index contributed by atoms with van der Waals surface area (Å²) in [6, 6.07) is 8.05. The van der Waals surface area contributed by atoms with Crippen LogP contribution in [0.25, 0.3) is 0 Å². The van der Waals surface area contributed by atoms with E-state index in [1.165, 1.54) is 4.90 Å². The number of thioether (sulfide) groups is 1.